The zero-order valence-corrected chi connectivity index (χ0v) is 16.7. The van der Waals surface area contributed by atoms with Gasteiger partial charge in [-0.2, -0.15) is 4.98 Å². The lowest BCUT2D eigenvalue weighted by Crippen LogP contribution is -2.14. The summed E-state index contributed by atoms with van der Waals surface area (Å²) in [5.74, 6) is 0.620. The number of aromatic nitrogens is 3. The minimum absolute atomic E-state index is 0.152. The maximum Gasteiger partial charge on any atom is 0.234 e. The number of nitrogens with one attached hydrogen (secondary N) is 1. The van der Waals surface area contributed by atoms with Gasteiger partial charge in [0.25, 0.3) is 0 Å². The summed E-state index contributed by atoms with van der Waals surface area (Å²) in [6, 6.07) is 5.10. The maximum atomic E-state index is 12.2. The summed E-state index contributed by atoms with van der Waals surface area (Å²) in [7, 11) is 5.39. The molecule has 0 fully saturated rings. The molecule has 0 spiro atoms. The van der Waals surface area contributed by atoms with Gasteiger partial charge in [0.1, 0.15) is 21.8 Å². The molecule has 1 N–H and O–H groups in total. The number of hydrogen-bond acceptors (Lipinski definition) is 8. The molecule has 0 aliphatic carbocycles. The van der Waals surface area contributed by atoms with E-state index in [9.17, 15) is 4.79 Å². The fourth-order valence-electron chi connectivity index (χ4n) is 2.09. The molecule has 136 valence electrons. The lowest BCUT2D eigenvalue weighted by atomic mass is 10.3. The Hall–Kier alpha value is -2.10. The largest absolute Gasteiger partial charge is 0.495 e. The number of carbonyl (C=O) groups is 1. The number of thiazole rings is 1. The van der Waals surface area contributed by atoms with Crippen LogP contribution in [0.1, 0.15) is 0 Å². The molecule has 7 nitrogen and oxygen atoms in total. The van der Waals surface area contributed by atoms with Gasteiger partial charge in [-0.25, -0.2) is 9.97 Å². The first kappa shape index (κ1) is 18.7. The summed E-state index contributed by atoms with van der Waals surface area (Å²) in [6.45, 7) is 0. The molecule has 3 rings (SSSR count). The molecule has 2 aromatic heterocycles. The highest BCUT2D eigenvalue weighted by Crippen LogP contribution is 2.33. The number of ether oxygens (including phenoxy) is 1. The van der Waals surface area contributed by atoms with Crippen LogP contribution in [0.3, 0.4) is 0 Å². The van der Waals surface area contributed by atoms with Gasteiger partial charge in [0.05, 0.1) is 17.9 Å². The molecule has 0 bridgehead atoms. The number of halogens is 1. The lowest BCUT2D eigenvalue weighted by Gasteiger charge is -2.08. The Kier molecular flexibility index (Phi) is 5.80. The average Bonchev–Trinajstić information content (AvgIpc) is 3.05. The summed E-state index contributed by atoms with van der Waals surface area (Å²) in [4.78, 5) is 27.1. The number of amides is 1. The zero-order chi connectivity index (χ0) is 18.7. The molecule has 10 heteroatoms. The van der Waals surface area contributed by atoms with Crippen molar-refractivity contribution in [3.8, 4) is 5.75 Å². The Morgan fingerprint density at radius 1 is 1.38 bits per heavy atom. The summed E-state index contributed by atoms with van der Waals surface area (Å²) < 4.78 is 5.98. The molecular weight excluding hydrogens is 394 g/mol. The molecule has 2 heterocycles. The fraction of sp³-hybridized carbons (Fsp3) is 0.250. The van der Waals surface area contributed by atoms with E-state index in [2.05, 4.69) is 20.3 Å². The van der Waals surface area contributed by atoms with Crippen molar-refractivity contribution in [1.29, 1.82) is 0 Å². The van der Waals surface area contributed by atoms with Gasteiger partial charge < -0.3 is 15.0 Å². The highest BCUT2D eigenvalue weighted by Gasteiger charge is 2.14. The van der Waals surface area contributed by atoms with Crippen LogP contribution >= 0.6 is 34.7 Å². The van der Waals surface area contributed by atoms with Crippen LogP contribution in [0.15, 0.2) is 29.6 Å². The monoisotopic (exact) mass is 409 g/mol. The molecule has 1 aromatic carbocycles. The molecule has 0 saturated heterocycles. The van der Waals surface area contributed by atoms with Gasteiger partial charge >= 0.3 is 0 Å². The van der Waals surface area contributed by atoms with E-state index in [1.807, 2.05) is 19.0 Å². The summed E-state index contributed by atoms with van der Waals surface area (Å²) in [6.07, 6.45) is 1.46. The predicted molar refractivity (Wildman–Crippen MR) is 107 cm³/mol. The molecular formula is C16H16ClN5O2S2. The summed E-state index contributed by atoms with van der Waals surface area (Å²) in [5, 5.41) is 4.84. The second kappa shape index (κ2) is 8.07. The zero-order valence-electron chi connectivity index (χ0n) is 14.3. The van der Waals surface area contributed by atoms with Crippen molar-refractivity contribution < 1.29 is 9.53 Å². The smallest absolute Gasteiger partial charge is 0.234 e. The number of nitrogens with zero attached hydrogens (tertiary/aromatic N) is 4. The van der Waals surface area contributed by atoms with Gasteiger partial charge in [-0.05, 0) is 18.2 Å². The average molecular weight is 410 g/mol. The third kappa shape index (κ3) is 4.17. The van der Waals surface area contributed by atoms with Crippen molar-refractivity contribution in [3.63, 3.8) is 0 Å². The summed E-state index contributed by atoms with van der Waals surface area (Å²) in [5.41, 5.74) is 1.25. The van der Waals surface area contributed by atoms with E-state index >= 15 is 0 Å². The SMILES string of the molecule is COc1ccc(NC(=O)CSc2ncnc3nc(N(C)C)sc23)cc1Cl. The van der Waals surface area contributed by atoms with E-state index in [0.29, 0.717) is 22.1 Å². The normalized spacial score (nSPS) is 10.8. The number of rotatable bonds is 6. The Morgan fingerprint density at radius 3 is 2.88 bits per heavy atom. The van der Waals surface area contributed by atoms with E-state index in [4.69, 9.17) is 16.3 Å². The van der Waals surface area contributed by atoms with E-state index in [-0.39, 0.29) is 11.7 Å². The third-order valence-electron chi connectivity index (χ3n) is 3.31. The van der Waals surface area contributed by atoms with Crippen LogP contribution in [0, 0.1) is 0 Å². The van der Waals surface area contributed by atoms with Crippen LogP contribution in [-0.4, -0.2) is 47.8 Å². The minimum Gasteiger partial charge on any atom is -0.495 e. The van der Waals surface area contributed by atoms with Crippen molar-refractivity contribution in [3.05, 3.63) is 29.5 Å². The summed E-state index contributed by atoms with van der Waals surface area (Å²) >= 11 is 8.92. The predicted octanol–water partition coefficient (Wildman–Crippen LogP) is 3.55. The second-order valence-corrected chi connectivity index (χ2v) is 7.76. The topological polar surface area (TPSA) is 80.2 Å². The van der Waals surface area contributed by atoms with Crippen molar-refractivity contribution in [1.82, 2.24) is 15.0 Å². The van der Waals surface area contributed by atoms with E-state index < -0.39 is 0 Å². The van der Waals surface area contributed by atoms with Crippen LogP contribution in [0.5, 0.6) is 5.75 Å². The van der Waals surface area contributed by atoms with Crippen molar-refractivity contribution in [2.45, 2.75) is 5.03 Å². The van der Waals surface area contributed by atoms with Crippen LogP contribution < -0.4 is 15.0 Å². The van der Waals surface area contributed by atoms with Gasteiger partial charge in [-0.15, -0.1) is 0 Å². The maximum absolute atomic E-state index is 12.2. The number of anilines is 2. The van der Waals surface area contributed by atoms with E-state index in [1.54, 1.807) is 25.3 Å². The number of benzene rings is 1. The number of carbonyl (C=O) groups excluding carboxylic acids is 1. The van der Waals surface area contributed by atoms with Crippen molar-refractivity contribution >= 4 is 61.8 Å². The van der Waals surface area contributed by atoms with Crippen LogP contribution in [0.2, 0.25) is 5.02 Å². The standard InChI is InChI=1S/C16H16ClN5O2S2/c1-22(2)16-21-14-13(26-16)15(19-8-18-14)25-7-12(23)20-9-4-5-11(24-3)10(17)6-9/h4-6,8H,7H2,1-3H3,(H,20,23). The fourth-order valence-corrected chi connectivity index (χ4v) is 4.16. The first-order valence-electron chi connectivity index (χ1n) is 7.53. The number of methoxy groups -OCH3 is 1. The van der Waals surface area contributed by atoms with Crippen LogP contribution in [-0.2, 0) is 4.79 Å². The van der Waals surface area contributed by atoms with Crippen LogP contribution in [0.25, 0.3) is 10.3 Å². The molecule has 0 aliphatic rings. The second-order valence-electron chi connectivity index (χ2n) is 5.41. The first-order valence-corrected chi connectivity index (χ1v) is 9.71. The Labute approximate surface area is 163 Å². The molecule has 0 saturated carbocycles. The third-order valence-corrected chi connectivity index (χ3v) is 5.94. The Balaban J connectivity index is 1.68. The number of thioether (sulfide) groups is 1. The minimum atomic E-state index is -0.152. The first-order chi connectivity index (χ1) is 12.5. The highest BCUT2D eigenvalue weighted by atomic mass is 35.5. The van der Waals surface area contributed by atoms with Crippen LogP contribution in [0.4, 0.5) is 10.8 Å². The van der Waals surface area contributed by atoms with Gasteiger partial charge in [-0.3, -0.25) is 4.79 Å². The molecule has 0 atom stereocenters. The van der Waals surface area contributed by atoms with Crippen molar-refractivity contribution in [2.24, 2.45) is 0 Å². The molecule has 0 unspecified atom stereocenters. The van der Waals surface area contributed by atoms with E-state index in [0.717, 1.165) is 14.9 Å². The number of fused-ring (bicyclic) bond motifs is 1. The highest BCUT2D eigenvalue weighted by molar-refractivity contribution is 8.00. The van der Waals surface area contributed by atoms with Gasteiger partial charge in [-0.1, -0.05) is 34.7 Å². The molecule has 1 amide bonds. The Bertz CT molecular complexity index is 948. The van der Waals surface area contributed by atoms with Crippen molar-refractivity contribution in [2.75, 3.05) is 37.2 Å². The molecule has 0 radical (unpaired) electrons. The van der Waals surface area contributed by atoms with Gasteiger partial charge in [0, 0.05) is 19.8 Å². The number of hydrogen-bond donors (Lipinski definition) is 1. The van der Waals surface area contributed by atoms with Gasteiger partial charge in [0.15, 0.2) is 10.8 Å². The molecule has 3 aromatic rings. The quantitative estimate of drug-likeness (QED) is 0.492. The van der Waals surface area contributed by atoms with E-state index in [1.165, 1.54) is 29.4 Å². The lowest BCUT2D eigenvalue weighted by molar-refractivity contribution is -0.113. The molecule has 26 heavy (non-hydrogen) atoms. The molecule has 0 aliphatic heterocycles. The van der Waals surface area contributed by atoms with Gasteiger partial charge in [0.2, 0.25) is 5.91 Å². The Morgan fingerprint density at radius 2 is 2.19 bits per heavy atom.